The maximum Gasteiger partial charge on any atom is 0.255 e. The Hall–Kier alpha value is -6.30. The second kappa shape index (κ2) is 17.9. The van der Waals surface area contributed by atoms with Crippen LogP contribution in [0.2, 0.25) is 0 Å². The van der Waals surface area contributed by atoms with E-state index in [1.165, 1.54) is 25.6 Å². The molecule has 65 heavy (non-hydrogen) atoms. The highest BCUT2D eigenvalue weighted by Gasteiger charge is 2.40. The highest BCUT2D eigenvalue weighted by Crippen LogP contribution is 2.36. The van der Waals surface area contributed by atoms with Gasteiger partial charge in [0.05, 0.1) is 36.6 Å². The molecule has 0 bridgehead atoms. The number of piperidine rings is 1. The predicted octanol–water partition coefficient (Wildman–Crippen LogP) is 3.94. The molecule has 5 aliphatic rings. The number of piperazine rings is 1. The quantitative estimate of drug-likeness (QED) is 0.173. The van der Waals surface area contributed by atoms with Crippen molar-refractivity contribution in [1.29, 1.82) is 0 Å². The molecule has 338 valence electrons. The molecule has 1 aliphatic carbocycles. The third-order valence-corrected chi connectivity index (χ3v) is 14.1. The molecular formula is C48H54FN11O5. The fourth-order valence-corrected chi connectivity index (χ4v) is 10.3. The first kappa shape index (κ1) is 42.6. The van der Waals surface area contributed by atoms with Gasteiger partial charge in [0.15, 0.2) is 11.4 Å². The first-order chi connectivity index (χ1) is 31.6. The van der Waals surface area contributed by atoms with E-state index in [9.17, 15) is 23.6 Å². The summed E-state index contributed by atoms with van der Waals surface area (Å²) in [4.78, 5) is 71.1. The lowest BCUT2D eigenvalue weighted by atomic mass is 9.92. The third-order valence-electron chi connectivity index (χ3n) is 14.1. The zero-order valence-electron chi connectivity index (χ0n) is 36.6. The number of rotatable bonds is 12. The molecule has 3 saturated heterocycles. The molecule has 3 aromatic carbocycles. The van der Waals surface area contributed by atoms with E-state index in [0.29, 0.717) is 42.6 Å². The standard InChI is InChI=1S/C48H54FN11O5/c1-65-42-11-6-33(49)23-39(42)47(63)51-25-30-2-4-31(5-3-30)44-43-45(50)52-29-53-46(43)60(54-44)34-12-14-57(15-13-34)36-27-56(28-36)17-16-55-18-20-58(21-19-55)35-7-9-38-32(22-35)26-59(48(38)64)40-10-8-37(61)24-41(40)62/h2-7,9,11,22-23,29,34,36,40H,8,10,12-21,24-28H2,1H3,(H,51,63)(H2,50,52,53)/t40-/m0/s1. The van der Waals surface area contributed by atoms with Crippen LogP contribution in [0.4, 0.5) is 15.9 Å². The summed E-state index contributed by atoms with van der Waals surface area (Å²) in [7, 11) is 1.44. The minimum Gasteiger partial charge on any atom is -0.496 e. The van der Waals surface area contributed by atoms with Crippen LogP contribution < -0.4 is 20.7 Å². The molecule has 1 atom stereocenters. The van der Waals surface area contributed by atoms with Gasteiger partial charge in [-0.3, -0.25) is 33.9 Å². The number of aromatic nitrogens is 4. The molecule has 2 amide bonds. The Morgan fingerprint density at radius 3 is 2.40 bits per heavy atom. The van der Waals surface area contributed by atoms with Gasteiger partial charge in [-0.25, -0.2) is 19.0 Å². The fourth-order valence-electron chi connectivity index (χ4n) is 10.3. The van der Waals surface area contributed by atoms with Gasteiger partial charge in [-0.2, -0.15) is 5.10 Å². The summed E-state index contributed by atoms with van der Waals surface area (Å²) in [6, 6.07) is 17.9. The zero-order valence-corrected chi connectivity index (χ0v) is 36.6. The monoisotopic (exact) mass is 883 g/mol. The van der Waals surface area contributed by atoms with Gasteiger partial charge in [0.1, 0.15) is 35.2 Å². The lowest BCUT2D eigenvalue weighted by molar-refractivity contribution is -0.133. The number of carbonyl (C=O) groups is 4. The molecule has 0 spiro atoms. The number of ketones is 2. The molecular weight excluding hydrogens is 830 g/mol. The number of nitrogens with one attached hydrogen (secondary N) is 1. The number of methoxy groups -OCH3 is 1. The van der Waals surface area contributed by atoms with Gasteiger partial charge < -0.3 is 25.6 Å². The molecule has 1 saturated carbocycles. The number of carbonyl (C=O) groups excluding carboxylic acids is 4. The highest BCUT2D eigenvalue weighted by molar-refractivity contribution is 6.07. The van der Waals surface area contributed by atoms with Crippen molar-refractivity contribution in [2.45, 2.75) is 63.3 Å². The van der Waals surface area contributed by atoms with Crippen molar-refractivity contribution in [1.82, 2.24) is 44.7 Å². The number of hydrogen-bond acceptors (Lipinski definition) is 13. The Morgan fingerprint density at radius 2 is 1.65 bits per heavy atom. The van der Waals surface area contributed by atoms with E-state index in [0.717, 1.165) is 123 Å². The Kier molecular flexibility index (Phi) is 11.8. The molecule has 17 heteroatoms. The summed E-state index contributed by atoms with van der Waals surface area (Å²) < 4.78 is 21.1. The van der Waals surface area contributed by atoms with Crippen LogP contribution in [0.5, 0.6) is 5.75 Å². The third kappa shape index (κ3) is 8.55. The number of hydrogen-bond donors (Lipinski definition) is 2. The van der Waals surface area contributed by atoms with Gasteiger partial charge in [0.25, 0.3) is 11.8 Å². The molecule has 5 aromatic rings. The van der Waals surface area contributed by atoms with Crippen molar-refractivity contribution >= 4 is 45.9 Å². The second-order valence-corrected chi connectivity index (χ2v) is 18.0. The van der Waals surface area contributed by atoms with Gasteiger partial charge in [0.2, 0.25) is 0 Å². The number of halogens is 1. The molecule has 4 fully saturated rings. The van der Waals surface area contributed by atoms with Crippen LogP contribution >= 0.6 is 0 Å². The predicted molar refractivity (Wildman–Crippen MR) is 242 cm³/mol. The number of Topliss-reactive ketones (excluding diaryl/α,β-unsaturated/α-hetero) is 2. The van der Waals surface area contributed by atoms with Crippen LogP contribution in [0.25, 0.3) is 22.3 Å². The summed E-state index contributed by atoms with van der Waals surface area (Å²) in [6.45, 7) is 10.7. The normalized spacial score (nSPS) is 20.4. The molecule has 16 nitrogen and oxygen atoms in total. The first-order valence-electron chi connectivity index (χ1n) is 22.7. The number of nitrogen functional groups attached to an aromatic ring is 1. The Balaban J connectivity index is 0.680. The van der Waals surface area contributed by atoms with Crippen LogP contribution in [0.3, 0.4) is 0 Å². The van der Waals surface area contributed by atoms with Crippen LogP contribution in [-0.2, 0) is 22.7 Å². The van der Waals surface area contributed by atoms with Crippen molar-refractivity contribution in [3.8, 4) is 17.0 Å². The average Bonchev–Trinajstić information content (AvgIpc) is 3.86. The summed E-state index contributed by atoms with van der Waals surface area (Å²) >= 11 is 0. The van der Waals surface area contributed by atoms with E-state index >= 15 is 0 Å². The summed E-state index contributed by atoms with van der Waals surface area (Å²) in [5, 5.41) is 8.69. The Morgan fingerprint density at radius 1 is 0.877 bits per heavy atom. The second-order valence-electron chi connectivity index (χ2n) is 18.0. The Labute approximate surface area is 376 Å². The van der Waals surface area contributed by atoms with E-state index in [1.54, 1.807) is 4.90 Å². The molecule has 2 aromatic heterocycles. The van der Waals surface area contributed by atoms with Gasteiger partial charge in [-0.1, -0.05) is 24.3 Å². The first-order valence-corrected chi connectivity index (χ1v) is 22.7. The number of likely N-dealkylation sites (tertiary alicyclic amines) is 2. The summed E-state index contributed by atoms with van der Waals surface area (Å²) in [5.41, 5.74) is 12.5. The van der Waals surface area contributed by atoms with Crippen molar-refractivity contribution in [2.75, 3.05) is 83.2 Å². The molecule has 10 rings (SSSR count). The van der Waals surface area contributed by atoms with E-state index < -0.39 is 17.8 Å². The number of amides is 2. The highest BCUT2D eigenvalue weighted by atomic mass is 19.1. The zero-order chi connectivity index (χ0) is 44.8. The van der Waals surface area contributed by atoms with Gasteiger partial charge >= 0.3 is 0 Å². The van der Waals surface area contributed by atoms with Gasteiger partial charge in [0, 0.05) is 108 Å². The van der Waals surface area contributed by atoms with E-state index in [2.05, 4.69) is 41.0 Å². The fraction of sp³-hybridized carbons (Fsp3) is 0.438. The number of ether oxygens (including phenoxy) is 1. The lowest BCUT2D eigenvalue weighted by Crippen LogP contribution is -2.62. The van der Waals surface area contributed by atoms with Crippen molar-refractivity contribution in [3.63, 3.8) is 0 Å². The number of anilines is 2. The van der Waals surface area contributed by atoms with Crippen LogP contribution in [0.1, 0.15) is 70.0 Å². The van der Waals surface area contributed by atoms with Crippen molar-refractivity contribution in [2.24, 2.45) is 0 Å². The minimum absolute atomic E-state index is 0.0312. The van der Waals surface area contributed by atoms with Crippen LogP contribution in [0, 0.1) is 5.82 Å². The molecule has 4 aliphatic heterocycles. The maximum atomic E-state index is 13.9. The number of benzene rings is 3. The van der Waals surface area contributed by atoms with Gasteiger partial charge in [-0.15, -0.1) is 0 Å². The lowest BCUT2D eigenvalue weighted by Gasteiger charge is -2.48. The van der Waals surface area contributed by atoms with Crippen LogP contribution in [0.15, 0.2) is 67.0 Å². The van der Waals surface area contributed by atoms with Crippen molar-refractivity contribution < 1.29 is 28.3 Å². The van der Waals surface area contributed by atoms with E-state index in [-0.39, 0.29) is 42.0 Å². The Bertz CT molecular complexity index is 2630. The summed E-state index contributed by atoms with van der Waals surface area (Å²) in [6.07, 6.45) is 4.13. The molecule has 0 radical (unpaired) electrons. The maximum absolute atomic E-state index is 13.9. The molecule has 3 N–H and O–H groups in total. The summed E-state index contributed by atoms with van der Waals surface area (Å²) in [5.74, 6) is -0.522. The van der Waals surface area contributed by atoms with Crippen molar-refractivity contribution in [3.05, 3.63) is 95.1 Å². The molecule has 0 unspecified atom stereocenters. The number of nitrogens with zero attached hydrogens (tertiary/aromatic N) is 9. The SMILES string of the molecule is COc1ccc(F)cc1C(=O)NCc1ccc(-c2nn(C3CCN(C4CN(CCN5CCN(c6ccc7c(c6)CN([C@H]6CCC(=O)CC6=O)C7=O)CC5)C4)CC3)c3ncnc(N)c23)cc1. The number of nitrogens with two attached hydrogens (primary N) is 1. The van der Waals surface area contributed by atoms with Gasteiger partial charge in [-0.05, 0) is 66.8 Å². The minimum atomic E-state index is -0.511. The van der Waals surface area contributed by atoms with Crippen LogP contribution in [-0.4, -0.2) is 147 Å². The smallest absolute Gasteiger partial charge is 0.255 e. The topological polar surface area (TPSA) is 175 Å². The van der Waals surface area contributed by atoms with E-state index in [4.69, 9.17) is 15.6 Å². The average molecular weight is 884 g/mol. The number of fused-ring (bicyclic) bond motifs is 2. The van der Waals surface area contributed by atoms with E-state index in [1.807, 2.05) is 41.1 Å². The molecule has 6 heterocycles. The largest absolute Gasteiger partial charge is 0.496 e.